The van der Waals surface area contributed by atoms with E-state index in [0.29, 0.717) is 5.84 Å². The van der Waals surface area contributed by atoms with Crippen molar-refractivity contribution in [3.63, 3.8) is 0 Å². The summed E-state index contributed by atoms with van der Waals surface area (Å²) in [6, 6.07) is 0. The molecular formula is C6H6N2S2. The van der Waals surface area contributed by atoms with Gasteiger partial charge < -0.3 is 5.73 Å². The maximum atomic E-state index is 5.61. The van der Waals surface area contributed by atoms with Crippen LogP contribution in [0.25, 0.3) is 0 Å². The average molecular weight is 170 g/mol. The van der Waals surface area contributed by atoms with E-state index in [-0.39, 0.29) is 0 Å². The molecule has 0 unspecified atom stereocenters. The molecule has 0 atom stereocenters. The molecule has 10 heavy (non-hydrogen) atoms. The summed E-state index contributed by atoms with van der Waals surface area (Å²) in [7, 11) is 0. The summed E-state index contributed by atoms with van der Waals surface area (Å²) in [4.78, 5) is 6.58. The zero-order valence-electron chi connectivity index (χ0n) is 5.20. The third-order valence-electron chi connectivity index (χ3n) is 1.33. The smallest absolute Gasteiger partial charge is 0.133 e. The Morgan fingerprint density at radius 3 is 3.00 bits per heavy atom. The minimum absolute atomic E-state index is 0.705. The van der Waals surface area contributed by atoms with Crippen molar-refractivity contribution in [2.75, 3.05) is 6.54 Å². The average Bonchev–Trinajstić information content (AvgIpc) is 2.34. The summed E-state index contributed by atoms with van der Waals surface area (Å²) in [5.41, 5.74) is 5.61. The molecule has 2 N–H and O–H groups in total. The third-order valence-corrected chi connectivity index (χ3v) is 3.49. The fourth-order valence-corrected chi connectivity index (χ4v) is 2.63. The molecule has 2 aliphatic heterocycles. The number of thioether (sulfide) groups is 2. The number of rotatable bonds is 0. The Morgan fingerprint density at radius 1 is 1.40 bits per heavy atom. The zero-order valence-corrected chi connectivity index (χ0v) is 6.84. The Labute approximate surface area is 67.7 Å². The van der Waals surface area contributed by atoms with Gasteiger partial charge in [0.05, 0.1) is 11.4 Å². The highest BCUT2D eigenvalue weighted by Gasteiger charge is 2.18. The van der Waals surface area contributed by atoms with Crippen LogP contribution in [0.2, 0.25) is 0 Å². The Kier molecular flexibility index (Phi) is 1.50. The first-order chi connectivity index (χ1) is 4.88. The monoisotopic (exact) mass is 170 g/mol. The fourth-order valence-electron chi connectivity index (χ4n) is 0.866. The maximum absolute atomic E-state index is 5.61. The molecule has 0 amide bonds. The molecule has 0 aliphatic carbocycles. The van der Waals surface area contributed by atoms with Crippen LogP contribution >= 0.6 is 23.5 Å². The van der Waals surface area contributed by atoms with E-state index in [1.165, 1.54) is 4.91 Å². The fraction of sp³-hybridized carbons (Fsp3) is 0.167. The molecule has 0 fully saturated rings. The number of nitrogens with two attached hydrogens (primary N) is 1. The number of hydrogen-bond donors (Lipinski definition) is 1. The summed E-state index contributed by atoms with van der Waals surface area (Å²) < 4.78 is 0. The lowest BCUT2D eigenvalue weighted by Crippen LogP contribution is -2.09. The summed E-state index contributed by atoms with van der Waals surface area (Å²) >= 11 is 3.39. The van der Waals surface area contributed by atoms with Crippen molar-refractivity contribution in [1.29, 1.82) is 0 Å². The number of hydrogen-bond acceptors (Lipinski definition) is 4. The molecule has 2 rings (SSSR count). The molecule has 0 bridgehead atoms. The van der Waals surface area contributed by atoms with Gasteiger partial charge in [-0.05, 0) is 10.8 Å². The number of amidine groups is 1. The van der Waals surface area contributed by atoms with Crippen LogP contribution in [0.15, 0.2) is 25.6 Å². The highest BCUT2D eigenvalue weighted by Crippen LogP contribution is 2.37. The molecule has 2 aliphatic rings. The van der Waals surface area contributed by atoms with E-state index < -0.39 is 0 Å². The molecule has 0 saturated carbocycles. The topological polar surface area (TPSA) is 38.4 Å². The molecule has 0 spiro atoms. The predicted molar refractivity (Wildman–Crippen MR) is 47.8 cm³/mol. The zero-order chi connectivity index (χ0) is 6.97. The molecule has 4 heteroatoms. The normalized spacial score (nSPS) is 23.0. The van der Waals surface area contributed by atoms with Gasteiger partial charge in [-0.15, -0.1) is 0 Å². The second-order valence-corrected chi connectivity index (χ2v) is 3.88. The van der Waals surface area contributed by atoms with Crippen molar-refractivity contribution in [2.24, 2.45) is 10.7 Å². The quantitative estimate of drug-likeness (QED) is 0.599. The van der Waals surface area contributed by atoms with Crippen LogP contribution in [0.5, 0.6) is 0 Å². The van der Waals surface area contributed by atoms with Crippen molar-refractivity contribution in [1.82, 2.24) is 0 Å². The van der Waals surface area contributed by atoms with E-state index >= 15 is 0 Å². The number of aliphatic imine (C=N–C) groups is 1. The molecule has 2 nitrogen and oxygen atoms in total. The Morgan fingerprint density at radius 2 is 2.20 bits per heavy atom. The predicted octanol–water partition coefficient (Wildman–Crippen LogP) is 1.52. The highest BCUT2D eigenvalue weighted by atomic mass is 32.2. The van der Waals surface area contributed by atoms with Gasteiger partial charge >= 0.3 is 0 Å². The van der Waals surface area contributed by atoms with Crippen LogP contribution in [0.4, 0.5) is 0 Å². The first-order valence-electron chi connectivity index (χ1n) is 2.90. The molecule has 52 valence electrons. The van der Waals surface area contributed by atoms with Crippen LogP contribution in [0.1, 0.15) is 0 Å². The van der Waals surface area contributed by atoms with Crippen LogP contribution in [-0.4, -0.2) is 12.4 Å². The number of nitrogens with zero attached hydrogens (tertiary/aromatic N) is 1. The summed E-state index contributed by atoms with van der Waals surface area (Å²) in [6.07, 6.45) is 0. The summed E-state index contributed by atoms with van der Waals surface area (Å²) in [5.74, 6) is 0.705. The molecule has 0 radical (unpaired) electrons. The van der Waals surface area contributed by atoms with Gasteiger partial charge in [0, 0.05) is 4.91 Å². The lowest BCUT2D eigenvalue weighted by Gasteiger charge is -2.05. The van der Waals surface area contributed by atoms with Gasteiger partial charge in [0.2, 0.25) is 0 Å². The maximum Gasteiger partial charge on any atom is 0.133 e. The van der Waals surface area contributed by atoms with Gasteiger partial charge in [-0.1, -0.05) is 23.5 Å². The lowest BCUT2D eigenvalue weighted by atomic mass is 10.5. The standard InChI is InChI=1S/C6H6N2S2/c7-6-5-4(3-8-6)9-1-2-10-5/h1-2H,3H2,(H2,7,8). The first-order valence-corrected chi connectivity index (χ1v) is 4.65. The van der Waals surface area contributed by atoms with Crippen molar-refractivity contribution >= 4 is 29.4 Å². The van der Waals surface area contributed by atoms with Crippen molar-refractivity contribution in [2.45, 2.75) is 0 Å². The Hall–Kier alpha value is -0.350. The van der Waals surface area contributed by atoms with Crippen LogP contribution < -0.4 is 5.73 Å². The van der Waals surface area contributed by atoms with Gasteiger partial charge in [0.25, 0.3) is 0 Å². The van der Waals surface area contributed by atoms with Gasteiger partial charge in [-0.2, -0.15) is 0 Å². The lowest BCUT2D eigenvalue weighted by molar-refractivity contribution is 1.26. The van der Waals surface area contributed by atoms with E-state index in [2.05, 4.69) is 10.4 Å². The van der Waals surface area contributed by atoms with Crippen LogP contribution in [-0.2, 0) is 0 Å². The molecule has 0 aromatic rings. The molecule has 0 saturated heterocycles. The van der Waals surface area contributed by atoms with Gasteiger partial charge in [0.15, 0.2) is 0 Å². The van der Waals surface area contributed by atoms with Crippen molar-refractivity contribution < 1.29 is 0 Å². The van der Waals surface area contributed by atoms with Gasteiger partial charge in [0.1, 0.15) is 5.84 Å². The molecule has 2 heterocycles. The minimum Gasteiger partial charge on any atom is -0.383 e. The molecule has 0 aromatic carbocycles. The summed E-state index contributed by atoms with van der Waals surface area (Å²) in [6.45, 7) is 0.781. The first kappa shape index (κ1) is 6.37. The van der Waals surface area contributed by atoms with Crippen molar-refractivity contribution in [3.8, 4) is 0 Å². The van der Waals surface area contributed by atoms with Gasteiger partial charge in [-0.25, -0.2) is 0 Å². The van der Waals surface area contributed by atoms with E-state index in [4.69, 9.17) is 5.73 Å². The summed E-state index contributed by atoms with van der Waals surface area (Å²) in [5, 5.41) is 4.11. The van der Waals surface area contributed by atoms with E-state index in [1.54, 1.807) is 23.5 Å². The second-order valence-electron chi connectivity index (χ2n) is 1.96. The van der Waals surface area contributed by atoms with Gasteiger partial charge in [-0.3, -0.25) is 4.99 Å². The van der Waals surface area contributed by atoms with Crippen LogP contribution in [0.3, 0.4) is 0 Å². The largest absolute Gasteiger partial charge is 0.383 e. The van der Waals surface area contributed by atoms with E-state index in [0.717, 1.165) is 11.4 Å². The minimum atomic E-state index is 0.705. The second kappa shape index (κ2) is 2.36. The molecule has 0 aromatic heterocycles. The van der Waals surface area contributed by atoms with Crippen LogP contribution in [0, 0.1) is 0 Å². The SMILES string of the molecule is NC1=NCC2=C1SC=CS2. The van der Waals surface area contributed by atoms with E-state index in [9.17, 15) is 0 Å². The molecular weight excluding hydrogens is 164 g/mol. The highest BCUT2D eigenvalue weighted by molar-refractivity contribution is 8.13. The van der Waals surface area contributed by atoms with Crippen molar-refractivity contribution in [3.05, 3.63) is 20.6 Å². The third kappa shape index (κ3) is 0.876. The Bertz CT molecular complexity index is 248. The Balaban J connectivity index is 2.31. The van der Waals surface area contributed by atoms with E-state index in [1.807, 2.05) is 5.41 Å².